The average Bonchev–Trinajstić information content (AvgIpc) is 2.20. The van der Waals surface area contributed by atoms with Gasteiger partial charge in [0, 0.05) is 17.6 Å². The quantitative estimate of drug-likeness (QED) is 0.761. The van der Waals surface area contributed by atoms with Crippen LogP contribution < -0.4 is 5.32 Å². The molecule has 16 heavy (non-hydrogen) atoms. The van der Waals surface area contributed by atoms with Gasteiger partial charge in [0.2, 0.25) is 0 Å². The van der Waals surface area contributed by atoms with E-state index < -0.39 is 11.6 Å². The molecule has 0 spiro atoms. The number of hydrogen-bond acceptors (Lipinski definition) is 3. The van der Waals surface area contributed by atoms with Gasteiger partial charge in [0.05, 0.1) is 11.1 Å². The third kappa shape index (κ3) is 3.11. The van der Waals surface area contributed by atoms with Crippen molar-refractivity contribution in [2.24, 2.45) is 0 Å². The molecule has 0 fully saturated rings. The molecule has 0 aromatic heterocycles. The molecular formula is C12H18ClNO2. The molecule has 3 N–H and O–H groups in total. The van der Waals surface area contributed by atoms with E-state index in [1.54, 1.807) is 25.1 Å². The van der Waals surface area contributed by atoms with Gasteiger partial charge in [-0.15, -0.1) is 0 Å². The lowest BCUT2D eigenvalue weighted by molar-refractivity contribution is 0.0955. The van der Waals surface area contributed by atoms with Gasteiger partial charge in [0.15, 0.2) is 0 Å². The van der Waals surface area contributed by atoms with Gasteiger partial charge in [-0.3, -0.25) is 0 Å². The molecule has 1 unspecified atom stereocenters. The molecule has 0 amide bonds. The van der Waals surface area contributed by atoms with E-state index in [1.165, 1.54) is 0 Å². The number of benzene rings is 1. The standard InChI is InChI=1S/C12H18ClNO2/c1-8(15)12(2,3)14-7-9-5-4-6-10(13)11(9)16/h4-6,8,14-16H,7H2,1-3H3. The van der Waals surface area contributed by atoms with E-state index in [2.05, 4.69) is 5.32 Å². The minimum Gasteiger partial charge on any atom is -0.506 e. The minimum absolute atomic E-state index is 0.0954. The van der Waals surface area contributed by atoms with Crippen molar-refractivity contribution >= 4 is 11.6 Å². The highest BCUT2D eigenvalue weighted by atomic mass is 35.5. The van der Waals surface area contributed by atoms with Crippen LogP contribution in [0.4, 0.5) is 0 Å². The zero-order chi connectivity index (χ0) is 12.3. The first kappa shape index (κ1) is 13.3. The Labute approximate surface area is 101 Å². The Kier molecular flexibility index (Phi) is 4.19. The number of nitrogens with one attached hydrogen (secondary N) is 1. The number of para-hydroxylation sites is 1. The second kappa shape index (κ2) is 5.04. The van der Waals surface area contributed by atoms with Crippen LogP contribution in [0.1, 0.15) is 26.3 Å². The molecule has 0 aliphatic carbocycles. The van der Waals surface area contributed by atoms with Crippen LogP contribution >= 0.6 is 11.6 Å². The van der Waals surface area contributed by atoms with E-state index >= 15 is 0 Å². The van der Waals surface area contributed by atoms with E-state index in [-0.39, 0.29) is 5.75 Å². The van der Waals surface area contributed by atoms with Crippen LogP contribution in [-0.2, 0) is 6.54 Å². The highest BCUT2D eigenvalue weighted by Gasteiger charge is 2.23. The Bertz CT molecular complexity index is 364. The van der Waals surface area contributed by atoms with Crippen molar-refractivity contribution in [3.63, 3.8) is 0 Å². The lowest BCUT2D eigenvalue weighted by atomic mass is 9.98. The van der Waals surface area contributed by atoms with Crippen LogP contribution in [0.3, 0.4) is 0 Å². The van der Waals surface area contributed by atoms with Gasteiger partial charge < -0.3 is 15.5 Å². The summed E-state index contributed by atoms with van der Waals surface area (Å²) in [5.41, 5.74) is 0.315. The molecule has 90 valence electrons. The zero-order valence-electron chi connectivity index (χ0n) is 9.79. The maximum Gasteiger partial charge on any atom is 0.138 e. The molecule has 0 saturated carbocycles. The Hall–Kier alpha value is -0.770. The van der Waals surface area contributed by atoms with E-state index in [0.29, 0.717) is 11.6 Å². The molecule has 0 radical (unpaired) electrons. The Morgan fingerprint density at radius 1 is 1.44 bits per heavy atom. The maximum absolute atomic E-state index is 9.70. The van der Waals surface area contributed by atoms with Crippen molar-refractivity contribution in [3.8, 4) is 5.75 Å². The number of aliphatic hydroxyl groups excluding tert-OH is 1. The van der Waals surface area contributed by atoms with Crippen LogP contribution in [0.15, 0.2) is 18.2 Å². The molecule has 0 bridgehead atoms. The van der Waals surface area contributed by atoms with Crippen LogP contribution in [0.2, 0.25) is 5.02 Å². The van der Waals surface area contributed by atoms with E-state index in [9.17, 15) is 10.2 Å². The summed E-state index contributed by atoms with van der Waals surface area (Å²) >= 11 is 5.80. The molecule has 3 nitrogen and oxygen atoms in total. The van der Waals surface area contributed by atoms with Gasteiger partial charge in [0.25, 0.3) is 0 Å². The first-order chi connectivity index (χ1) is 7.34. The smallest absolute Gasteiger partial charge is 0.138 e. The number of aromatic hydroxyl groups is 1. The van der Waals surface area contributed by atoms with Gasteiger partial charge in [0.1, 0.15) is 5.75 Å². The highest BCUT2D eigenvalue weighted by molar-refractivity contribution is 6.32. The summed E-state index contributed by atoms with van der Waals surface area (Å²) in [7, 11) is 0. The van der Waals surface area contributed by atoms with Crippen molar-refractivity contribution in [2.75, 3.05) is 0 Å². The fourth-order valence-corrected chi connectivity index (χ4v) is 1.37. The van der Waals surface area contributed by atoms with Crippen molar-refractivity contribution in [3.05, 3.63) is 28.8 Å². The first-order valence-corrected chi connectivity index (χ1v) is 5.62. The molecule has 0 aliphatic heterocycles. The normalized spacial score (nSPS) is 13.8. The van der Waals surface area contributed by atoms with Gasteiger partial charge in [-0.1, -0.05) is 23.7 Å². The number of halogens is 1. The number of rotatable bonds is 4. The van der Waals surface area contributed by atoms with E-state index in [1.807, 2.05) is 13.8 Å². The van der Waals surface area contributed by atoms with Crippen LogP contribution in [0, 0.1) is 0 Å². The summed E-state index contributed by atoms with van der Waals surface area (Å²) in [6.45, 7) is 5.99. The lowest BCUT2D eigenvalue weighted by Crippen LogP contribution is -2.47. The molecule has 4 heteroatoms. The van der Waals surface area contributed by atoms with Crippen molar-refractivity contribution < 1.29 is 10.2 Å². The lowest BCUT2D eigenvalue weighted by Gasteiger charge is -2.29. The number of aliphatic hydroxyl groups is 1. The molecule has 1 aromatic carbocycles. The summed E-state index contributed by atoms with van der Waals surface area (Å²) in [5.74, 6) is 0.0954. The predicted molar refractivity (Wildman–Crippen MR) is 65.7 cm³/mol. The predicted octanol–water partition coefficient (Wildman–Crippen LogP) is 2.29. The molecular weight excluding hydrogens is 226 g/mol. The summed E-state index contributed by atoms with van der Waals surface area (Å²) < 4.78 is 0. The average molecular weight is 244 g/mol. The van der Waals surface area contributed by atoms with Gasteiger partial charge in [-0.2, -0.15) is 0 Å². The Balaban J connectivity index is 2.72. The van der Waals surface area contributed by atoms with E-state index in [0.717, 1.165) is 5.56 Å². The number of phenolic OH excluding ortho intramolecular Hbond substituents is 1. The highest BCUT2D eigenvalue weighted by Crippen LogP contribution is 2.27. The van der Waals surface area contributed by atoms with Crippen molar-refractivity contribution in [1.29, 1.82) is 0 Å². The second-order valence-electron chi connectivity index (χ2n) is 4.50. The molecule has 0 heterocycles. The molecule has 0 saturated heterocycles. The van der Waals surface area contributed by atoms with Crippen LogP contribution in [-0.4, -0.2) is 21.9 Å². The Morgan fingerprint density at radius 2 is 2.06 bits per heavy atom. The second-order valence-corrected chi connectivity index (χ2v) is 4.91. The third-order valence-electron chi connectivity index (χ3n) is 2.85. The van der Waals surface area contributed by atoms with Crippen LogP contribution in [0.25, 0.3) is 0 Å². The molecule has 1 aromatic rings. The fraction of sp³-hybridized carbons (Fsp3) is 0.500. The summed E-state index contributed by atoms with van der Waals surface area (Å²) in [4.78, 5) is 0. The first-order valence-electron chi connectivity index (χ1n) is 5.24. The van der Waals surface area contributed by atoms with Crippen molar-refractivity contribution in [2.45, 2.75) is 39.0 Å². The number of phenols is 1. The third-order valence-corrected chi connectivity index (χ3v) is 3.15. The monoisotopic (exact) mass is 243 g/mol. The summed E-state index contributed by atoms with van der Waals surface area (Å²) in [5, 5.41) is 22.7. The summed E-state index contributed by atoms with van der Waals surface area (Å²) in [6, 6.07) is 5.22. The zero-order valence-corrected chi connectivity index (χ0v) is 10.5. The van der Waals surface area contributed by atoms with Crippen molar-refractivity contribution in [1.82, 2.24) is 5.32 Å². The van der Waals surface area contributed by atoms with Gasteiger partial charge in [-0.05, 0) is 26.8 Å². The summed E-state index contributed by atoms with van der Waals surface area (Å²) in [6.07, 6.45) is -0.478. The number of hydrogen-bond donors (Lipinski definition) is 3. The fourth-order valence-electron chi connectivity index (χ4n) is 1.17. The maximum atomic E-state index is 9.70. The SMILES string of the molecule is CC(O)C(C)(C)NCc1cccc(Cl)c1O. The van der Waals surface area contributed by atoms with Gasteiger partial charge in [-0.25, -0.2) is 0 Å². The minimum atomic E-state index is -0.478. The van der Waals surface area contributed by atoms with Gasteiger partial charge >= 0.3 is 0 Å². The molecule has 1 rings (SSSR count). The largest absolute Gasteiger partial charge is 0.506 e. The molecule has 1 atom stereocenters. The topological polar surface area (TPSA) is 52.5 Å². The van der Waals surface area contributed by atoms with Crippen LogP contribution in [0.5, 0.6) is 5.75 Å². The van der Waals surface area contributed by atoms with E-state index in [4.69, 9.17) is 11.6 Å². The molecule has 0 aliphatic rings. The Morgan fingerprint density at radius 3 is 2.62 bits per heavy atom.